The standard InChI is InChI=1S/C16H16N2O3S/c1-10-9-13(16(20)21-10)17-11-4-6-12(7-5-11)18-15(19)14-3-2-8-22-14/h2-8,10,13,17H,9H2,1H3,(H,18,19). The van der Waals surface area contributed by atoms with Crippen LogP contribution in [0.25, 0.3) is 0 Å². The highest BCUT2D eigenvalue weighted by Gasteiger charge is 2.31. The van der Waals surface area contributed by atoms with E-state index in [1.54, 1.807) is 18.2 Å². The summed E-state index contributed by atoms with van der Waals surface area (Å²) < 4.78 is 5.11. The molecular formula is C16H16N2O3S. The molecule has 1 aliphatic rings. The Morgan fingerprint density at radius 2 is 1.95 bits per heavy atom. The normalized spacial score (nSPS) is 20.5. The Balaban J connectivity index is 1.61. The number of hydrogen-bond acceptors (Lipinski definition) is 5. The molecule has 0 radical (unpaired) electrons. The van der Waals surface area contributed by atoms with Gasteiger partial charge in [-0.25, -0.2) is 4.79 Å². The first-order valence-electron chi connectivity index (χ1n) is 7.04. The summed E-state index contributed by atoms with van der Waals surface area (Å²) in [5, 5.41) is 7.84. The Labute approximate surface area is 132 Å². The SMILES string of the molecule is CC1CC(Nc2ccc(NC(=O)c3cccs3)cc2)C(=O)O1. The van der Waals surface area contributed by atoms with Crippen molar-refractivity contribution in [1.82, 2.24) is 0 Å². The predicted octanol–water partition coefficient (Wildman–Crippen LogP) is 3.12. The second kappa shape index (κ2) is 6.19. The van der Waals surface area contributed by atoms with E-state index in [1.807, 2.05) is 30.5 Å². The molecule has 6 heteroatoms. The van der Waals surface area contributed by atoms with Gasteiger partial charge < -0.3 is 15.4 Å². The van der Waals surface area contributed by atoms with Crippen molar-refractivity contribution in [2.45, 2.75) is 25.5 Å². The largest absolute Gasteiger partial charge is 0.461 e. The lowest BCUT2D eigenvalue weighted by molar-refractivity contribution is -0.141. The van der Waals surface area contributed by atoms with E-state index in [0.29, 0.717) is 17.0 Å². The van der Waals surface area contributed by atoms with Crippen LogP contribution in [0.3, 0.4) is 0 Å². The molecule has 0 spiro atoms. The lowest BCUT2D eigenvalue weighted by Gasteiger charge is -2.11. The van der Waals surface area contributed by atoms with Crippen LogP contribution in [0.15, 0.2) is 41.8 Å². The Hall–Kier alpha value is -2.34. The average Bonchev–Trinajstić information content (AvgIpc) is 3.12. The molecule has 3 rings (SSSR count). The van der Waals surface area contributed by atoms with Crippen LogP contribution in [0.5, 0.6) is 0 Å². The van der Waals surface area contributed by atoms with Gasteiger partial charge in [0.05, 0.1) is 4.88 Å². The third-order valence-electron chi connectivity index (χ3n) is 3.40. The van der Waals surface area contributed by atoms with E-state index in [4.69, 9.17) is 4.74 Å². The van der Waals surface area contributed by atoms with Crippen molar-refractivity contribution in [2.24, 2.45) is 0 Å². The number of benzene rings is 1. The van der Waals surface area contributed by atoms with Crippen molar-refractivity contribution in [3.05, 3.63) is 46.7 Å². The molecule has 114 valence electrons. The molecule has 2 atom stereocenters. The number of nitrogens with one attached hydrogen (secondary N) is 2. The third-order valence-corrected chi connectivity index (χ3v) is 4.27. The first kappa shape index (κ1) is 14.6. The fourth-order valence-electron chi connectivity index (χ4n) is 2.33. The van der Waals surface area contributed by atoms with Crippen molar-refractivity contribution in [3.8, 4) is 0 Å². The van der Waals surface area contributed by atoms with Crippen LogP contribution in [0.2, 0.25) is 0 Å². The van der Waals surface area contributed by atoms with Crippen LogP contribution in [-0.4, -0.2) is 24.0 Å². The third kappa shape index (κ3) is 3.28. The zero-order valence-electron chi connectivity index (χ0n) is 12.0. The summed E-state index contributed by atoms with van der Waals surface area (Å²) in [6.45, 7) is 1.88. The summed E-state index contributed by atoms with van der Waals surface area (Å²) in [7, 11) is 0. The van der Waals surface area contributed by atoms with Crippen LogP contribution in [-0.2, 0) is 9.53 Å². The van der Waals surface area contributed by atoms with Gasteiger partial charge in [0.2, 0.25) is 0 Å². The highest BCUT2D eigenvalue weighted by atomic mass is 32.1. The molecule has 2 unspecified atom stereocenters. The van der Waals surface area contributed by atoms with Crippen LogP contribution >= 0.6 is 11.3 Å². The molecule has 0 aliphatic carbocycles. The molecule has 22 heavy (non-hydrogen) atoms. The average molecular weight is 316 g/mol. The molecule has 2 aromatic rings. The van der Waals surface area contributed by atoms with E-state index in [-0.39, 0.29) is 24.0 Å². The number of hydrogen-bond donors (Lipinski definition) is 2. The summed E-state index contributed by atoms with van der Waals surface area (Å²) in [6.07, 6.45) is 0.616. The summed E-state index contributed by atoms with van der Waals surface area (Å²) >= 11 is 1.40. The maximum atomic E-state index is 11.9. The molecule has 1 amide bonds. The van der Waals surface area contributed by atoms with E-state index in [0.717, 1.165) is 5.69 Å². The van der Waals surface area contributed by atoms with Crippen molar-refractivity contribution >= 4 is 34.6 Å². The second-order valence-corrected chi connectivity index (χ2v) is 6.14. The van der Waals surface area contributed by atoms with E-state index in [2.05, 4.69) is 10.6 Å². The monoisotopic (exact) mass is 316 g/mol. The van der Waals surface area contributed by atoms with Crippen molar-refractivity contribution < 1.29 is 14.3 Å². The summed E-state index contributed by atoms with van der Waals surface area (Å²) in [6, 6.07) is 10.6. The molecule has 1 fully saturated rings. The van der Waals surface area contributed by atoms with E-state index >= 15 is 0 Å². The Morgan fingerprint density at radius 3 is 2.55 bits per heavy atom. The number of esters is 1. The molecule has 2 N–H and O–H groups in total. The van der Waals surface area contributed by atoms with Gasteiger partial charge in [0.25, 0.3) is 5.91 Å². The zero-order chi connectivity index (χ0) is 15.5. The number of ether oxygens (including phenoxy) is 1. The van der Waals surface area contributed by atoms with Gasteiger partial charge in [-0.05, 0) is 42.6 Å². The van der Waals surface area contributed by atoms with E-state index in [1.165, 1.54) is 11.3 Å². The maximum Gasteiger partial charge on any atom is 0.328 e. The first-order valence-corrected chi connectivity index (χ1v) is 7.92. The van der Waals surface area contributed by atoms with E-state index < -0.39 is 0 Å². The van der Waals surface area contributed by atoms with Crippen molar-refractivity contribution in [1.29, 1.82) is 0 Å². The van der Waals surface area contributed by atoms with Gasteiger partial charge in [-0.2, -0.15) is 0 Å². The molecule has 0 saturated carbocycles. The van der Waals surface area contributed by atoms with Crippen LogP contribution in [0.4, 0.5) is 11.4 Å². The van der Waals surface area contributed by atoms with Gasteiger partial charge in [-0.3, -0.25) is 4.79 Å². The molecule has 1 saturated heterocycles. The van der Waals surface area contributed by atoms with Crippen LogP contribution in [0, 0.1) is 0 Å². The molecule has 1 aliphatic heterocycles. The van der Waals surface area contributed by atoms with Crippen LogP contribution in [0.1, 0.15) is 23.0 Å². The number of anilines is 2. The van der Waals surface area contributed by atoms with Gasteiger partial charge >= 0.3 is 5.97 Å². The lowest BCUT2D eigenvalue weighted by Crippen LogP contribution is -2.24. The predicted molar refractivity (Wildman–Crippen MR) is 86.3 cm³/mol. The van der Waals surface area contributed by atoms with Crippen LogP contribution < -0.4 is 10.6 Å². The number of carbonyl (C=O) groups excluding carboxylic acids is 2. The highest BCUT2D eigenvalue weighted by molar-refractivity contribution is 7.12. The summed E-state index contributed by atoms with van der Waals surface area (Å²) in [4.78, 5) is 24.2. The zero-order valence-corrected chi connectivity index (χ0v) is 12.9. The molecular weight excluding hydrogens is 300 g/mol. The van der Waals surface area contributed by atoms with Gasteiger partial charge in [-0.15, -0.1) is 11.3 Å². The molecule has 5 nitrogen and oxygen atoms in total. The Morgan fingerprint density at radius 1 is 1.23 bits per heavy atom. The minimum Gasteiger partial charge on any atom is -0.461 e. The topological polar surface area (TPSA) is 67.4 Å². The van der Waals surface area contributed by atoms with Crippen molar-refractivity contribution in [3.63, 3.8) is 0 Å². The fraction of sp³-hybridized carbons (Fsp3) is 0.250. The highest BCUT2D eigenvalue weighted by Crippen LogP contribution is 2.21. The lowest BCUT2D eigenvalue weighted by atomic mass is 10.1. The second-order valence-electron chi connectivity index (χ2n) is 5.19. The molecule has 1 aromatic heterocycles. The molecule has 1 aromatic carbocycles. The Bertz CT molecular complexity index is 667. The number of thiophene rings is 1. The minimum atomic E-state index is -0.304. The smallest absolute Gasteiger partial charge is 0.328 e. The van der Waals surface area contributed by atoms with E-state index in [9.17, 15) is 9.59 Å². The Kier molecular flexibility index (Phi) is 4.11. The maximum absolute atomic E-state index is 11.9. The quantitative estimate of drug-likeness (QED) is 0.851. The van der Waals surface area contributed by atoms with Crippen molar-refractivity contribution in [2.75, 3.05) is 10.6 Å². The minimum absolute atomic E-state index is 0.0469. The number of amides is 1. The number of rotatable bonds is 4. The summed E-state index contributed by atoms with van der Waals surface area (Å²) in [5.74, 6) is -0.341. The van der Waals surface area contributed by atoms with Gasteiger partial charge in [-0.1, -0.05) is 6.07 Å². The number of cyclic esters (lactones) is 1. The molecule has 0 bridgehead atoms. The number of carbonyl (C=O) groups is 2. The fourth-order valence-corrected chi connectivity index (χ4v) is 2.94. The van der Waals surface area contributed by atoms with Gasteiger partial charge in [0, 0.05) is 17.8 Å². The molecule has 2 heterocycles. The van der Waals surface area contributed by atoms with Gasteiger partial charge in [0.15, 0.2) is 0 Å². The first-order chi connectivity index (χ1) is 10.6. The summed E-state index contributed by atoms with van der Waals surface area (Å²) in [5.41, 5.74) is 1.54. The van der Waals surface area contributed by atoms with Gasteiger partial charge in [0.1, 0.15) is 12.1 Å².